The lowest BCUT2D eigenvalue weighted by Gasteiger charge is -2.26. The summed E-state index contributed by atoms with van der Waals surface area (Å²) >= 11 is 0. The standard InChI is InChI=1S/C16H20FN7O/c17-24-20-12-23(21-24)16(25-15-4-2-1-3-5-15)13-10-19-22(11-13)14-6-8-18-9-7-14/h1-5,10-12,14,16,18,21H,6-9H2. The van der Waals surface area contributed by atoms with Gasteiger partial charge in [0.15, 0.2) is 0 Å². The van der Waals surface area contributed by atoms with Crippen molar-refractivity contribution in [3.05, 3.63) is 48.3 Å². The second kappa shape index (κ2) is 7.08. The first-order valence-electron chi connectivity index (χ1n) is 8.31. The first kappa shape index (κ1) is 15.9. The number of hydrogen-bond acceptors (Lipinski definition) is 7. The third-order valence-corrected chi connectivity index (χ3v) is 4.31. The predicted octanol–water partition coefficient (Wildman–Crippen LogP) is 1.75. The fourth-order valence-corrected chi connectivity index (χ4v) is 3.03. The van der Waals surface area contributed by atoms with Gasteiger partial charge in [-0.15, -0.1) is 5.10 Å². The zero-order valence-corrected chi connectivity index (χ0v) is 13.6. The Hall–Kier alpha value is -2.65. The van der Waals surface area contributed by atoms with Crippen molar-refractivity contribution in [1.29, 1.82) is 0 Å². The van der Waals surface area contributed by atoms with Crippen LogP contribution in [0.5, 0.6) is 5.75 Å². The third-order valence-electron chi connectivity index (χ3n) is 4.31. The monoisotopic (exact) mass is 345 g/mol. The summed E-state index contributed by atoms with van der Waals surface area (Å²) in [5.41, 5.74) is 3.28. The SMILES string of the molecule is FN1N=CN(C(Oc2ccccc2)c2cnn(C3CCNCC3)c2)N1. The molecule has 1 fully saturated rings. The number of para-hydroxylation sites is 1. The third kappa shape index (κ3) is 3.57. The number of benzene rings is 1. The molecule has 0 radical (unpaired) electrons. The molecular formula is C16H20FN7O. The average molecular weight is 345 g/mol. The van der Waals surface area contributed by atoms with E-state index in [2.05, 4.69) is 21.1 Å². The number of nitrogens with one attached hydrogen (secondary N) is 2. The maximum Gasteiger partial charge on any atom is 0.217 e. The number of halogens is 1. The number of piperidine rings is 1. The largest absolute Gasteiger partial charge is 0.465 e. The summed E-state index contributed by atoms with van der Waals surface area (Å²) in [5.74, 6) is 0.676. The number of hydrogen-bond donors (Lipinski definition) is 2. The van der Waals surface area contributed by atoms with E-state index < -0.39 is 6.23 Å². The summed E-state index contributed by atoms with van der Waals surface area (Å²) in [4.78, 5) is 0. The molecule has 25 heavy (non-hydrogen) atoms. The van der Waals surface area contributed by atoms with Crippen LogP contribution in [-0.2, 0) is 0 Å². The van der Waals surface area contributed by atoms with Gasteiger partial charge in [0.1, 0.15) is 12.1 Å². The van der Waals surface area contributed by atoms with Gasteiger partial charge in [0.05, 0.1) is 17.8 Å². The normalized spacial score (nSPS) is 19.4. The van der Waals surface area contributed by atoms with Crippen LogP contribution in [0, 0.1) is 0 Å². The van der Waals surface area contributed by atoms with E-state index in [9.17, 15) is 4.48 Å². The Labute approximate surface area is 144 Å². The zero-order chi connectivity index (χ0) is 17.1. The lowest BCUT2D eigenvalue weighted by molar-refractivity contribution is -0.0991. The van der Waals surface area contributed by atoms with Crippen LogP contribution in [0.2, 0.25) is 0 Å². The number of rotatable bonds is 5. The van der Waals surface area contributed by atoms with E-state index in [-0.39, 0.29) is 5.34 Å². The van der Waals surface area contributed by atoms with Crippen molar-refractivity contribution >= 4 is 6.34 Å². The fraction of sp³-hybridized carbons (Fsp3) is 0.375. The van der Waals surface area contributed by atoms with Crippen LogP contribution in [0.3, 0.4) is 0 Å². The van der Waals surface area contributed by atoms with E-state index in [1.165, 1.54) is 11.3 Å². The van der Waals surface area contributed by atoms with Crippen molar-refractivity contribution < 1.29 is 9.22 Å². The zero-order valence-electron chi connectivity index (χ0n) is 13.6. The molecule has 2 aromatic rings. The average Bonchev–Trinajstić information content (AvgIpc) is 3.31. The Morgan fingerprint density at radius 1 is 1.20 bits per heavy atom. The van der Waals surface area contributed by atoms with Crippen molar-refractivity contribution in [3.63, 3.8) is 0 Å². The molecule has 0 amide bonds. The molecule has 0 spiro atoms. The van der Waals surface area contributed by atoms with Crippen molar-refractivity contribution in [3.8, 4) is 5.75 Å². The molecule has 4 rings (SSSR count). The number of ether oxygens (including phenoxy) is 1. The molecule has 1 aromatic heterocycles. The summed E-state index contributed by atoms with van der Waals surface area (Å²) < 4.78 is 21.3. The van der Waals surface area contributed by atoms with Gasteiger partial charge >= 0.3 is 0 Å². The van der Waals surface area contributed by atoms with Gasteiger partial charge in [-0.25, -0.2) is 5.01 Å². The van der Waals surface area contributed by atoms with Crippen molar-refractivity contribution in [1.82, 2.24) is 31.0 Å². The second-order valence-corrected chi connectivity index (χ2v) is 6.02. The number of hydrazone groups is 1. The minimum absolute atomic E-state index is 0.137. The highest BCUT2D eigenvalue weighted by Gasteiger charge is 2.28. The van der Waals surface area contributed by atoms with Gasteiger partial charge < -0.3 is 10.1 Å². The molecule has 2 aliphatic heterocycles. The Morgan fingerprint density at radius 3 is 2.72 bits per heavy atom. The molecular weight excluding hydrogens is 325 g/mol. The molecule has 3 heterocycles. The molecule has 1 saturated heterocycles. The van der Waals surface area contributed by atoms with Crippen molar-refractivity contribution in [2.75, 3.05) is 13.1 Å². The molecule has 0 bridgehead atoms. The first-order chi connectivity index (χ1) is 12.3. The Kier molecular flexibility index (Phi) is 4.49. The molecule has 8 nitrogen and oxygen atoms in total. The van der Waals surface area contributed by atoms with Crippen molar-refractivity contribution in [2.24, 2.45) is 5.10 Å². The Bertz CT molecular complexity index is 716. The molecule has 2 aliphatic rings. The van der Waals surface area contributed by atoms with Gasteiger partial charge in [-0.2, -0.15) is 5.10 Å². The van der Waals surface area contributed by atoms with Crippen LogP contribution >= 0.6 is 0 Å². The lowest BCUT2D eigenvalue weighted by atomic mass is 10.1. The quantitative estimate of drug-likeness (QED) is 0.805. The van der Waals surface area contributed by atoms with Gasteiger partial charge in [0, 0.05) is 6.20 Å². The topological polar surface area (TPSA) is 70.0 Å². The first-order valence-corrected chi connectivity index (χ1v) is 8.31. The van der Waals surface area contributed by atoms with Crippen LogP contribution in [-0.4, -0.2) is 39.6 Å². The molecule has 132 valence electrons. The number of hydrazine groups is 2. The summed E-state index contributed by atoms with van der Waals surface area (Å²) in [6.45, 7) is 1.97. The molecule has 1 unspecified atom stereocenters. The highest BCUT2D eigenvalue weighted by Crippen LogP contribution is 2.26. The maximum absolute atomic E-state index is 13.3. The summed E-state index contributed by atoms with van der Waals surface area (Å²) in [6, 6.07) is 9.76. The molecule has 1 atom stereocenters. The summed E-state index contributed by atoms with van der Waals surface area (Å²) in [7, 11) is 0. The van der Waals surface area contributed by atoms with Crippen LogP contribution < -0.4 is 15.6 Å². The Balaban J connectivity index is 1.57. The van der Waals surface area contributed by atoms with Gasteiger partial charge in [0.25, 0.3) is 0 Å². The Morgan fingerprint density at radius 2 is 2.00 bits per heavy atom. The smallest absolute Gasteiger partial charge is 0.217 e. The van der Waals surface area contributed by atoms with Crippen molar-refractivity contribution in [2.45, 2.75) is 25.1 Å². The molecule has 2 N–H and O–H groups in total. The van der Waals surface area contributed by atoms with E-state index in [0.717, 1.165) is 31.5 Å². The van der Waals surface area contributed by atoms with Crippen LogP contribution in [0.15, 0.2) is 47.8 Å². The van der Waals surface area contributed by atoms with Crippen LogP contribution in [0.1, 0.15) is 30.7 Å². The number of aromatic nitrogens is 2. The molecule has 1 aromatic carbocycles. The van der Waals surface area contributed by atoms with E-state index in [0.29, 0.717) is 11.8 Å². The molecule has 9 heteroatoms. The molecule has 0 aliphatic carbocycles. The minimum atomic E-state index is -0.595. The summed E-state index contributed by atoms with van der Waals surface area (Å²) in [5, 5.41) is 13.0. The lowest BCUT2D eigenvalue weighted by Crippen LogP contribution is -2.41. The second-order valence-electron chi connectivity index (χ2n) is 6.02. The fourth-order valence-electron chi connectivity index (χ4n) is 3.03. The highest BCUT2D eigenvalue weighted by atomic mass is 19.2. The minimum Gasteiger partial charge on any atom is -0.465 e. The van der Waals surface area contributed by atoms with E-state index in [1.54, 1.807) is 6.20 Å². The van der Waals surface area contributed by atoms with Crippen LogP contribution in [0.25, 0.3) is 0 Å². The van der Waals surface area contributed by atoms with Gasteiger partial charge in [-0.05, 0) is 43.4 Å². The highest BCUT2D eigenvalue weighted by molar-refractivity contribution is 5.55. The van der Waals surface area contributed by atoms with E-state index in [1.807, 2.05) is 41.2 Å². The van der Waals surface area contributed by atoms with Crippen LogP contribution in [0.4, 0.5) is 4.48 Å². The van der Waals surface area contributed by atoms with E-state index >= 15 is 0 Å². The van der Waals surface area contributed by atoms with Gasteiger partial charge in [-0.1, -0.05) is 28.2 Å². The predicted molar refractivity (Wildman–Crippen MR) is 89.6 cm³/mol. The maximum atomic E-state index is 13.3. The van der Waals surface area contributed by atoms with E-state index in [4.69, 9.17) is 4.74 Å². The van der Waals surface area contributed by atoms with Gasteiger partial charge in [0.2, 0.25) is 6.23 Å². The summed E-state index contributed by atoms with van der Waals surface area (Å²) in [6.07, 6.45) is 6.53. The van der Waals surface area contributed by atoms with Gasteiger partial charge in [-0.3, -0.25) is 4.68 Å². The number of nitrogens with zero attached hydrogens (tertiary/aromatic N) is 5. The molecule has 0 saturated carbocycles.